The van der Waals surface area contributed by atoms with E-state index >= 15 is 0 Å². The summed E-state index contributed by atoms with van der Waals surface area (Å²) in [5.41, 5.74) is 0.0658. The number of anilines is 2. The summed E-state index contributed by atoms with van der Waals surface area (Å²) in [5, 5.41) is 11.7. The number of benzene rings is 2. The molecule has 3 rings (SSSR count). The van der Waals surface area contributed by atoms with Crippen LogP contribution in [0.5, 0.6) is 5.75 Å². The van der Waals surface area contributed by atoms with Gasteiger partial charge in [-0.15, -0.1) is 0 Å². The van der Waals surface area contributed by atoms with E-state index in [-0.39, 0.29) is 31.3 Å². The molecule has 10 heteroatoms. The number of aliphatic hydroxyl groups is 1. The first kappa shape index (κ1) is 28.6. The lowest BCUT2D eigenvalue weighted by atomic mass is 10.2. The van der Waals surface area contributed by atoms with Crippen molar-refractivity contribution in [2.75, 3.05) is 18.5 Å². The van der Waals surface area contributed by atoms with E-state index < -0.39 is 28.8 Å². The monoisotopic (exact) mass is 483 g/mol. The van der Waals surface area contributed by atoms with Crippen molar-refractivity contribution in [2.24, 2.45) is 0 Å². The largest absolute Gasteiger partial charge is 0.491 e. The standard InChI is InChI=1S/C20H17F4N3O3.2C2H6/c1-11-2-3-13(30-5-4-28)8-17(11)25-20-26-19(29)16(23)10-27(20)9-12-6-14(21)18(24)15(22)7-12;2*1-2/h2-3,6-8,10,28H,4-5,9H2,1H3,(H,25,26,29);2*1-2H3. The first-order valence-electron chi connectivity index (χ1n) is 10.8. The Labute approximate surface area is 195 Å². The van der Waals surface area contributed by atoms with Crippen LogP contribution in [0.1, 0.15) is 38.8 Å². The van der Waals surface area contributed by atoms with E-state index in [4.69, 9.17) is 9.84 Å². The minimum Gasteiger partial charge on any atom is -0.491 e. The molecule has 0 radical (unpaired) electrons. The molecule has 0 aliphatic heterocycles. The number of aromatic nitrogens is 2. The zero-order valence-electron chi connectivity index (χ0n) is 19.8. The van der Waals surface area contributed by atoms with Crippen LogP contribution in [0.25, 0.3) is 0 Å². The predicted molar refractivity (Wildman–Crippen MR) is 124 cm³/mol. The number of halogens is 4. The third-order valence-corrected chi connectivity index (χ3v) is 4.17. The lowest BCUT2D eigenvalue weighted by molar-refractivity contribution is 0.201. The summed E-state index contributed by atoms with van der Waals surface area (Å²) in [7, 11) is 0. The fraction of sp³-hybridized carbons (Fsp3) is 0.333. The molecular formula is C24H29F4N3O3. The Balaban J connectivity index is 0.00000137. The van der Waals surface area contributed by atoms with Gasteiger partial charge in [0.15, 0.2) is 17.5 Å². The lowest BCUT2D eigenvalue weighted by Gasteiger charge is -2.16. The molecule has 2 N–H and O–H groups in total. The molecule has 186 valence electrons. The topological polar surface area (TPSA) is 76.4 Å². The van der Waals surface area contributed by atoms with Crippen molar-refractivity contribution in [1.29, 1.82) is 0 Å². The van der Waals surface area contributed by atoms with Crippen LogP contribution in [0.15, 0.2) is 41.3 Å². The Morgan fingerprint density at radius 1 is 1.00 bits per heavy atom. The summed E-state index contributed by atoms with van der Waals surface area (Å²) >= 11 is 0. The molecule has 1 heterocycles. The first-order chi connectivity index (χ1) is 16.3. The third-order valence-electron chi connectivity index (χ3n) is 4.17. The molecule has 34 heavy (non-hydrogen) atoms. The smallest absolute Gasteiger partial charge is 0.310 e. The summed E-state index contributed by atoms with van der Waals surface area (Å²) in [4.78, 5) is 15.4. The molecule has 1 aromatic heterocycles. The number of aryl methyl sites for hydroxylation is 1. The van der Waals surface area contributed by atoms with Gasteiger partial charge in [0, 0.05) is 18.0 Å². The van der Waals surface area contributed by atoms with Gasteiger partial charge in [-0.2, -0.15) is 9.37 Å². The molecule has 0 fully saturated rings. The summed E-state index contributed by atoms with van der Waals surface area (Å²) in [5.74, 6) is -5.24. The maximum absolute atomic E-state index is 13.8. The van der Waals surface area contributed by atoms with Gasteiger partial charge in [-0.1, -0.05) is 33.8 Å². The number of hydrogen-bond donors (Lipinski definition) is 2. The Bertz CT molecular complexity index is 1110. The first-order valence-corrected chi connectivity index (χ1v) is 10.8. The minimum absolute atomic E-state index is 0.00366. The Hall–Kier alpha value is -3.40. The highest BCUT2D eigenvalue weighted by atomic mass is 19.2. The number of aliphatic hydroxyl groups excluding tert-OH is 1. The zero-order chi connectivity index (χ0) is 25.8. The minimum atomic E-state index is -1.61. The third kappa shape index (κ3) is 7.58. The highest BCUT2D eigenvalue weighted by Gasteiger charge is 2.14. The van der Waals surface area contributed by atoms with Crippen molar-refractivity contribution in [1.82, 2.24) is 9.55 Å². The van der Waals surface area contributed by atoms with E-state index in [1.807, 2.05) is 27.7 Å². The Kier molecular flexibility index (Phi) is 11.8. The second-order valence-electron chi connectivity index (χ2n) is 6.39. The maximum Gasteiger partial charge on any atom is 0.310 e. The highest BCUT2D eigenvalue weighted by molar-refractivity contribution is 5.61. The average Bonchev–Trinajstić information content (AvgIpc) is 2.83. The van der Waals surface area contributed by atoms with Crippen molar-refractivity contribution < 1.29 is 27.4 Å². The second kappa shape index (κ2) is 14.0. The van der Waals surface area contributed by atoms with Crippen molar-refractivity contribution in [3.05, 3.63) is 81.3 Å². The molecule has 2 aromatic carbocycles. The van der Waals surface area contributed by atoms with E-state index in [1.54, 1.807) is 25.1 Å². The van der Waals surface area contributed by atoms with E-state index in [0.717, 1.165) is 28.5 Å². The van der Waals surface area contributed by atoms with Crippen molar-refractivity contribution in [2.45, 2.75) is 41.2 Å². The van der Waals surface area contributed by atoms with Gasteiger partial charge in [0.25, 0.3) is 0 Å². The average molecular weight is 484 g/mol. The molecule has 0 saturated carbocycles. The molecule has 0 unspecified atom stereocenters. The molecule has 3 aromatic rings. The van der Waals surface area contributed by atoms with Crippen molar-refractivity contribution in [3.8, 4) is 5.75 Å². The van der Waals surface area contributed by atoms with E-state index in [2.05, 4.69) is 10.3 Å². The molecule has 0 aliphatic carbocycles. The summed E-state index contributed by atoms with van der Waals surface area (Å²) in [6, 6.07) is 6.51. The molecule has 0 bridgehead atoms. The Morgan fingerprint density at radius 3 is 2.21 bits per heavy atom. The van der Waals surface area contributed by atoms with E-state index in [9.17, 15) is 22.4 Å². The van der Waals surface area contributed by atoms with Crippen LogP contribution in [0.2, 0.25) is 0 Å². The summed E-state index contributed by atoms with van der Waals surface area (Å²) < 4.78 is 60.5. The van der Waals surface area contributed by atoms with Gasteiger partial charge in [0.05, 0.1) is 13.2 Å². The molecule has 6 nitrogen and oxygen atoms in total. The van der Waals surface area contributed by atoms with Crippen molar-refractivity contribution in [3.63, 3.8) is 0 Å². The van der Waals surface area contributed by atoms with Gasteiger partial charge in [0.2, 0.25) is 11.8 Å². The number of hydrogen-bond acceptors (Lipinski definition) is 5. The van der Waals surface area contributed by atoms with Gasteiger partial charge in [-0.3, -0.25) is 4.79 Å². The van der Waals surface area contributed by atoms with Crippen LogP contribution in [0.3, 0.4) is 0 Å². The molecule has 0 aliphatic rings. The molecule has 0 spiro atoms. The van der Waals surface area contributed by atoms with Gasteiger partial charge >= 0.3 is 5.56 Å². The fourth-order valence-corrected chi connectivity index (χ4v) is 2.69. The van der Waals surface area contributed by atoms with E-state index in [1.165, 1.54) is 0 Å². The van der Waals surface area contributed by atoms with Crippen LogP contribution in [-0.4, -0.2) is 27.9 Å². The molecular weight excluding hydrogens is 454 g/mol. The molecule has 0 amide bonds. The Morgan fingerprint density at radius 2 is 1.62 bits per heavy atom. The number of ether oxygens (including phenoxy) is 1. The van der Waals surface area contributed by atoms with Crippen molar-refractivity contribution >= 4 is 11.6 Å². The predicted octanol–water partition coefficient (Wildman–Crippen LogP) is 5.32. The summed E-state index contributed by atoms with van der Waals surface area (Å²) in [6.07, 6.45) is 0.832. The number of rotatable bonds is 7. The highest BCUT2D eigenvalue weighted by Crippen LogP contribution is 2.25. The molecule has 0 saturated heterocycles. The van der Waals surface area contributed by atoms with Gasteiger partial charge in [-0.05, 0) is 36.2 Å². The number of nitrogens with one attached hydrogen (secondary N) is 1. The second-order valence-corrected chi connectivity index (χ2v) is 6.39. The number of nitrogens with zero attached hydrogens (tertiary/aromatic N) is 2. The maximum atomic E-state index is 13.8. The van der Waals surface area contributed by atoms with Crippen LogP contribution < -0.4 is 15.6 Å². The van der Waals surface area contributed by atoms with Crippen LogP contribution in [-0.2, 0) is 6.54 Å². The van der Waals surface area contributed by atoms with Crippen LogP contribution in [0.4, 0.5) is 29.2 Å². The lowest BCUT2D eigenvalue weighted by Crippen LogP contribution is -2.20. The normalized spacial score (nSPS) is 9.94. The zero-order valence-corrected chi connectivity index (χ0v) is 19.8. The van der Waals surface area contributed by atoms with Crippen LogP contribution in [0, 0.1) is 30.2 Å². The van der Waals surface area contributed by atoms with Gasteiger partial charge in [0.1, 0.15) is 12.4 Å². The fourth-order valence-electron chi connectivity index (χ4n) is 2.69. The van der Waals surface area contributed by atoms with Gasteiger partial charge in [-0.25, -0.2) is 13.2 Å². The SMILES string of the molecule is CC.CC.Cc1ccc(OCCO)cc1Nc1nc(=O)c(F)cn1Cc1cc(F)c(F)c(F)c1. The van der Waals surface area contributed by atoms with E-state index in [0.29, 0.717) is 11.4 Å². The van der Waals surface area contributed by atoms with Crippen LogP contribution >= 0.6 is 0 Å². The van der Waals surface area contributed by atoms with Gasteiger partial charge < -0.3 is 19.7 Å². The molecule has 0 atom stereocenters. The quantitative estimate of drug-likeness (QED) is 0.351. The summed E-state index contributed by atoms with van der Waals surface area (Å²) in [6.45, 7) is 9.36.